The lowest BCUT2D eigenvalue weighted by Gasteiger charge is -2.21. The van der Waals surface area contributed by atoms with Gasteiger partial charge in [0.2, 0.25) is 5.91 Å². The summed E-state index contributed by atoms with van der Waals surface area (Å²) in [6.07, 6.45) is 4.43. The van der Waals surface area contributed by atoms with Crippen molar-refractivity contribution in [1.82, 2.24) is 4.57 Å². The van der Waals surface area contributed by atoms with E-state index in [9.17, 15) is 4.79 Å². The Morgan fingerprint density at radius 3 is 2.36 bits per heavy atom. The Morgan fingerprint density at radius 2 is 1.68 bits per heavy atom. The van der Waals surface area contributed by atoms with Crippen LogP contribution in [0, 0.1) is 20.8 Å². The van der Waals surface area contributed by atoms with Crippen LogP contribution in [0.4, 0.5) is 5.69 Å². The van der Waals surface area contributed by atoms with Crippen molar-refractivity contribution >= 4 is 11.6 Å². The standard InChI is InChI=1S/C22H24N2O/c1-16-10-11-20(18(3)14-16)23-22(25)15-21(24-12-6-7-13-24)19-9-5-4-8-17(19)2/h4-14,21H,15H2,1-3H3,(H,23,25)/t21-/m1/s1. The molecular weight excluding hydrogens is 308 g/mol. The molecule has 1 atom stereocenters. The molecule has 3 aromatic rings. The molecular formula is C22H24N2O. The quantitative estimate of drug-likeness (QED) is 0.698. The van der Waals surface area contributed by atoms with Crippen molar-refractivity contribution in [2.45, 2.75) is 33.2 Å². The molecule has 0 aliphatic heterocycles. The van der Waals surface area contributed by atoms with Crippen LogP contribution in [0.5, 0.6) is 0 Å². The summed E-state index contributed by atoms with van der Waals surface area (Å²) in [6.45, 7) is 6.17. The van der Waals surface area contributed by atoms with Gasteiger partial charge in [0.05, 0.1) is 12.5 Å². The molecule has 1 heterocycles. The van der Waals surface area contributed by atoms with E-state index in [2.05, 4.69) is 41.9 Å². The Balaban J connectivity index is 1.83. The van der Waals surface area contributed by atoms with E-state index in [-0.39, 0.29) is 11.9 Å². The molecule has 2 aromatic carbocycles. The highest BCUT2D eigenvalue weighted by atomic mass is 16.1. The molecule has 1 aromatic heterocycles. The molecule has 0 unspecified atom stereocenters. The number of hydrogen-bond acceptors (Lipinski definition) is 1. The van der Waals surface area contributed by atoms with Crippen LogP contribution in [0.25, 0.3) is 0 Å². The summed E-state index contributed by atoms with van der Waals surface area (Å²) in [6, 6.07) is 18.3. The number of hydrogen-bond donors (Lipinski definition) is 1. The first-order chi connectivity index (χ1) is 12.0. The Morgan fingerprint density at radius 1 is 0.960 bits per heavy atom. The minimum atomic E-state index is -0.0121. The normalized spacial score (nSPS) is 12.0. The van der Waals surface area contributed by atoms with E-state index in [1.807, 2.05) is 55.7 Å². The highest BCUT2D eigenvalue weighted by molar-refractivity contribution is 5.92. The van der Waals surface area contributed by atoms with Gasteiger partial charge in [-0.05, 0) is 55.7 Å². The number of carbonyl (C=O) groups excluding carboxylic acids is 1. The predicted molar refractivity (Wildman–Crippen MR) is 103 cm³/mol. The fourth-order valence-electron chi connectivity index (χ4n) is 3.22. The average molecular weight is 332 g/mol. The van der Waals surface area contributed by atoms with Crippen LogP contribution in [-0.2, 0) is 4.79 Å². The maximum atomic E-state index is 12.7. The fraction of sp³-hybridized carbons (Fsp3) is 0.227. The third kappa shape index (κ3) is 4.00. The zero-order chi connectivity index (χ0) is 17.8. The van der Waals surface area contributed by atoms with Crippen LogP contribution in [0.1, 0.15) is 34.7 Å². The van der Waals surface area contributed by atoms with Gasteiger partial charge in [-0.15, -0.1) is 0 Å². The van der Waals surface area contributed by atoms with Crippen molar-refractivity contribution in [1.29, 1.82) is 0 Å². The number of nitrogens with one attached hydrogen (secondary N) is 1. The molecule has 0 aliphatic carbocycles. The van der Waals surface area contributed by atoms with Gasteiger partial charge < -0.3 is 9.88 Å². The van der Waals surface area contributed by atoms with Gasteiger partial charge in [-0.2, -0.15) is 0 Å². The summed E-state index contributed by atoms with van der Waals surface area (Å²) >= 11 is 0. The number of nitrogens with zero attached hydrogens (tertiary/aromatic N) is 1. The van der Waals surface area contributed by atoms with E-state index in [0.717, 1.165) is 11.3 Å². The highest BCUT2D eigenvalue weighted by Gasteiger charge is 2.19. The molecule has 3 nitrogen and oxygen atoms in total. The Labute approximate surface area is 149 Å². The molecule has 128 valence electrons. The third-order valence-corrected chi connectivity index (χ3v) is 4.57. The number of anilines is 1. The summed E-state index contributed by atoms with van der Waals surface area (Å²) in [5, 5.41) is 3.07. The lowest BCUT2D eigenvalue weighted by atomic mass is 9.98. The van der Waals surface area contributed by atoms with Gasteiger partial charge in [0.25, 0.3) is 0 Å². The van der Waals surface area contributed by atoms with Crippen LogP contribution in [0.2, 0.25) is 0 Å². The molecule has 3 rings (SSSR count). The van der Waals surface area contributed by atoms with E-state index in [4.69, 9.17) is 0 Å². The van der Waals surface area contributed by atoms with Crippen molar-refractivity contribution in [3.63, 3.8) is 0 Å². The number of amides is 1. The molecule has 0 saturated carbocycles. The van der Waals surface area contributed by atoms with Crippen molar-refractivity contribution in [3.8, 4) is 0 Å². The van der Waals surface area contributed by atoms with E-state index in [1.54, 1.807) is 0 Å². The smallest absolute Gasteiger partial charge is 0.226 e. The maximum absolute atomic E-state index is 12.7. The molecule has 0 fully saturated rings. The van der Waals surface area contributed by atoms with E-state index in [1.165, 1.54) is 16.7 Å². The van der Waals surface area contributed by atoms with Gasteiger partial charge in [0.1, 0.15) is 0 Å². The summed E-state index contributed by atoms with van der Waals surface area (Å²) in [4.78, 5) is 12.7. The van der Waals surface area contributed by atoms with E-state index < -0.39 is 0 Å². The van der Waals surface area contributed by atoms with Crippen LogP contribution in [0.3, 0.4) is 0 Å². The van der Waals surface area contributed by atoms with Gasteiger partial charge in [-0.3, -0.25) is 4.79 Å². The summed E-state index contributed by atoms with van der Waals surface area (Å²) in [7, 11) is 0. The van der Waals surface area contributed by atoms with Gasteiger partial charge in [0.15, 0.2) is 0 Å². The number of aryl methyl sites for hydroxylation is 3. The van der Waals surface area contributed by atoms with Gasteiger partial charge in [0, 0.05) is 18.1 Å². The van der Waals surface area contributed by atoms with Gasteiger partial charge in [-0.25, -0.2) is 0 Å². The van der Waals surface area contributed by atoms with Crippen LogP contribution >= 0.6 is 0 Å². The molecule has 0 saturated heterocycles. The molecule has 25 heavy (non-hydrogen) atoms. The summed E-state index contributed by atoms with van der Waals surface area (Å²) in [5.74, 6) is 0.0221. The maximum Gasteiger partial charge on any atom is 0.226 e. The minimum absolute atomic E-state index is 0.0121. The fourth-order valence-corrected chi connectivity index (χ4v) is 3.22. The molecule has 0 spiro atoms. The summed E-state index contributed by atoms with van der Waals surface area (Å²) < 4.78 is 2.10. The monoisotopic (exact) mass is 332 g/mol. The zero-order valence-electron chi connectivity index (χ0n) is 15.0. The van der Waals surface area contributed by atoms with Crippen molar-refractivity contribution < 1.29 is 4.79 Å². The average Bonchev–Trinajstić information content (AvgIpc) is 3.10. The highest BCUT2D eigenvalue weighted by Crippen LogP contribution is 2.26. The van der Waals surface area contributed by atoms with Crippen molar-refractivity contribution in [2.24, 2.45) is 0 Å². The second kappa shape index (κ2) is 7.39. The molecule has 1 amide bonds. The lowest BCUT2D eigenvalue weighted by molar-refractivity contribution is -0.116. The first-order valence-electron chi connectivity index (χ1n) is 8.59. The molecule has 0 radical (unpaired) electrons. The van der Waals surface area contributed by atoms with Crippen molar-refractivity contribution in [3.05, 3.63) is 89.2 Å². The Bertz CT molecular complexity index is 865. The number of aromatic nitrogens is 1. The van der Waals surface area contributed by atoms with Gasteiger partial charge in [-0.1, -0.05) is 42.0 Å². The minimum Gasteiger partial charge on any atom is -0.346 e. The molecule has 0 aliphatic rings. The number of benzene rings is 2. The second-order valence-electron chi connectivity index (χ2n) is 6.57. The summed E-state index contributed by atoms with van der Waals surface area (Å²) in [5.41, 5.74) is 5.53. The van der Waals surface area contributed by atoms with Crippen molar-refractivity contribution in [2.75, 3.05) is 5.32 Å². The SMILES string of the molecule is Cc1ccc(NC(=O)C[C@H](c2ccccc2C)n2cccc2)c(C)c1. The van der Waals surface area contributed by atoms with Crippen LogP contribution in [-0.4, -0.2) is 10.5 Å². The zero-order valence-corrected chi connectivity index (χ0v) is 15.0. The second-order valence-corrected chi connectivity index (χ2v) is 6.57. The number of carbonyl (C=O) groups is 1. The van der Waals surface area contributed by atoms with Crippen LogP contribution < -0.4 is 5.32 Å². The molecule has 3 heteroatoms. The Hall–Kier alpha value is -2.81. The number of rotatable bonds is 5. The predicted octanol–water partition coefficient (Wildman–Crippen LogP) is 5.03. The van der Waals surface area contributed by atoms with Gasteiger partial charge >= 0.3 is 0 Å². The van der Waals surface area contributed by atoms with E-state index in [0.29, 0.717) is 6.42 Å². The third-order valence-electron chi connectivity index (χ3n) is 4.57. The van der Waals surface area contributed by atoms with E-state index >= 15 is 0 Å². The first-order valence-corrected chi connectivity index (χ1v) is 8.59. The molecule has 1 N–H and O–H groups in total. The Kier molecular flexibility index (Phi) is 5.03. The first kappa shape index (κ1) is 17.0. The largest absolute Gasteiger partial charge is 0.346 e. The topological polar surface area (TPSA) is 34.0 Å². The lowest BCUT2D eigenvalue weighted by Crippen LogP contribution is -2.20. The van der Waals surface area contributed by atoms with Crippen LogP contribution in [0.15, 0.2) is 67.0 Å². The molecule has 0 bridgehead atoms.